The molecule has 190 valence electrons. The van der Waals surface area contributed by atoms with Crippen LogP contribution >= 0.6 is 12.0 Å². The number of rotatable bonds is 11. The molecule has 2 heterocycles. The number of aromatic nitrogens is 2. The van der Waals surface area contributed by atoms with Crippen molar-refractivity contribution in [2.75, 3.05) is 20.0 Å². The third-order valence-electron chi connectivity index (χ3n) is 5.34. The van der Waals surface area contributed by atoms with Gasteiger partial charge in [0.25, 0.3) is 0 Å². The van der Waals surface area contributed by atoms with E-state index in [1.165, 1.54) is 14.2 Å². The van der Waals surface area contributed by atoms with E-state index in [0.717, 1.165) is 16.5 Å². The van der Waals surface area contributed by atoms with E-state index in [-0.39, 0.29) is 6.42 Å². The minimum atomic E-state index is -4.28. The summed E-state index contributed by atoms with van der Waals surface area (Å²) in [6.07, 6.45) is 3.55. The molecule has 2 aromatic heterocycles. The fourth-order valence-corrected chi connectivity index (χ4v) is 4.81. The molecule has 0 saturated carbocycles. The maximum absolute atomic E-state index is 11.0. The number of ether oxygens (including phenoxy) is 2. The zero-order valence-electron chi connectivity index (χ0n) is 19.2. The number of aryl methyl sites for hydroxylation is 1. The molecule has 11 nitrogen and oxygen atoms in total. The van der Waals surface area contributed by atoms with Gasteiger partial charge in [-0.15, -0.1) is 0 Å². The molecule has 4 aromatic rings. The van der Waals surface area contributed by atoms with Gasteiger partial charge in [-0.05, 0) is 18.2 Å². The smallest absolute Gasteiger partial charge is 0.227 e. The fourth-order valence-electron chi connectivity index (χ4n) is 3.80. The standard InChI is InChI=1S/C23H22N2O9S2/c1-30-19-12-15(13-21(22(19)31-2)35-34-33-26)20-14-24-23(32-20)17-8-10-25(9-5-11-36(27,28)29)18-7-4-3-6-16(17)18/h3-4,6-8,10,12-14H,5,9,11H2,1-2H3,(H-,26,27,28,29)/p-1. The van der Waals surface area contributed by atoms with Gasteiger partial charge >= 0.3 is 0 Å². The number of nitrogens with zero attached hydrogens (tertiary/aromatic N) is 2. The second kappa shape index (κ2) is 11.2. The molecule has 2 aromatic carbocycles. The van der Waals surface area contributed by atoms with Crippen LogP contribution in [0.1, 0.15) is 6.42 Å². The van der Waals surface area contributed by atoms with Gasteiger partial charge in [0, 0.05) is 29.9 Å². The molecule has 36 heavy (non-hydrogen) atoms. The van der Waals surface area contributed by atoms with Crippen LogP contribution in [0.4, 0.5) is 0 Å². The molecule has 4 rings (SSSR count). The highest BCUT2D eigenvalue weighted by molar-refractivity contribution is 7.94. The van der Waals surface area contributed by atoms with Gasteiger partial charge in [-0.2, -0.15) is 8.90 Å². The second-order valence-electron chi connectivity index (χ2n) is 7.51. The molecule has 0 aliphatic rings. The van der Waals surface area contributed by atoms with Gasteiger partial charge in [-0.1, -0.05) is 12.1 Å². The largest absolute Gasteiger partial charge is 0.748 e. The van der Waals surface area contributed by atoms with Crippen molar-refractivity contribution >= 4 is 33.1 Å². The molecule has 0 spiro atoms. The van der Waals surface area contributed by atoms with Crippen LogP contribution in [0.25, 0.3) is 33.7 Å². The molecule has 0 radical (unpaired) electrons. The van der Waals surface area contributed by atoms with Gasteiger partial charge in [-0.3, -0.25) is 5.04 Å². The molecular weight excluding hydrogens is 512 g/mol. The SMILES string of the molecule is COc1cc(-c2cnc(-c3cc[n+](CCCS(=O)(=O)[O-])c4ccccc34)o2)cc(SOO[O-])c1OC. The topological polar surface area (TPSA) is 147 Å². The van der Waals surface area contributed by atoms with Crippen molar-refractivity contribution in [3.05, 3.63) is 54.9 Å². The second-order valence-corrected chi connectivity index (χ2v) is 9.78. The van der Waals surface area contributed by atoms with Crippen molar-refractivity contribution < 1.29 is 46.1 Å². The first-order chi connectivity index (χ1) is 17.3. The highest BCUT2D eigenvalue weighted by atomic mass is 32.2. The molecule has 0 saturated heterocycles. The van der Waals surface area contributed by atoms with Crippen LogP contribution in [0, 0.1) is 0 Å². The summed E-state index contributed by atoms with van der Waals surface area (Å²) in [5.41, 5.74) is 2.15. The van der Waals surface area contributed by atoms with Crippen LogP contribution in [-0.2, 0) is 26.0 Å². The maximum atomic E-state index is 11.0. The normalized spacial score (nSPS) is 11.7. The quantitative estimate of drug-likeness (QED) is 0.0921. The summed E-state index contributed by atoms with van der Waals surface area (Å²) in [7, 11) is -1.34. The lowest BCUT2D eigenvalue weighted by Gasteiger charge is -2.13. The summed E-state index contributed by atoms with van der Waals surface area (Å²) in [6, 6.07) is 12.7. The first kappa shape index (κ1) is 25.9. The van der Waals surface area contributed by atoms with E-state index in [2.05, 4.69) is 14.4 Å². The number of fused-ring (bicyclic) bond motifs is 1. The molecule has 0 fully saturated rings. The number of hydrogen-bond donors (Lipinski definition) is 0. The van der Waals surface area contributed by atoms with Gasteiger partial charge in [0.15, 0.2) is 23.5 Å². The highest BCUT2D eigenvalue weighted by Gasteiger charge is 2.20. The Kier molecular flexibility index (Phi) is 8.08. The third kappa shape index (κ3) is 5.78. The van der Waals surface area contributed by atoms with Crippen molar-refractivity contribution in [1.29, 1.82) is 0 Å². The predicted octanol–water partition coefficient (Wildman–Crippen LogP) is 2.63. The van der Waals surface area contributed by atoms with Crippen molar-refractivity contribution in [3.63, 3.8) is 0 Å². The fraction of sp³-hybridized carbons (Fsp3) is 0.217. The van der Waals surface area contributed by atoms with Crippen molar-refractivity contribution in [3.8, 4) is 34.3 Å². The van der Waals surface area contributed by atoms with E-state index in [9.17, 15) is 18.2 Å². The van der Waals surface area contributed by atoms with Crippen molar-refractivity contribution in [2.24, 2.45) is 0 Å². The van der Waals surface area contributed by atoms with Crippen LogP contribution in [0.5, 0.6) is 11.5 Å². The van der Waals surface area contributed by atoms with Crippen LogP contribution in [0.15, 0.2) is 64.2 Å². The minimum absolute atomic E-state index is 0.198. The first-order valence-corrected chi connectivity index (χ1v) is 12.9. The van der Waals surface area contributed by atoms with Gasteiger partial charge in [0.2, 0.25) is 11.4 Å². The van der Waals surface area contributed by atoms with Gasteiger partial charge < -0.3 is 23.7 Å². The monoisotopic (exact) mass is 533 g/mol. The zero-order chi connectivity index (χ0) is 25.7. The van der Waals surface area contributed by atoms with Crippen LogP contribution in [0.2, 0.25) is 0 Å². The van der Waals surface area contributed by atoms with Gasteiger partial charge in [-0.25, -0.2) is 13.4 Å². The molecule has 0 bridgehead atoms. The summed E-state index contributed by atoms with van der Waals surface area (Å²) < 4.78 is 56.1. The summed E-state index contributed by atoms with van der Waals surface area (Å²) in [5.74, 6) is 1.09. The van der Waals surface area contributed by atoms with E-state index in [4.69, 9.17) is 13.9 Å². The summed E-state index contributed by atoms with van der Waals surface area (Å²) >= 11 is 0.663. The van der Waals surface area contributed by atoms with E-state index in [1.807, 2.05) is 34.9 Å². The average Bonchev–Trinajstić information content (AvgIpc) is 3.36. The molecule has 0 unspecified atom stereocenters. The van der Waals surface area contributed by atoms with E-state index >= 15 is 0 Å². The zero-order valence-corrected chi connectivity index (χ0v) is 20.8. The number of pyridine rings is 1. The summed E-state index contributed by atoms with van der Waals surface area (Å²) in [4.78, 5) is 4.87. The molecule has 0 amide bonds. The number of methoxy groups -OCH3 is 2. The molecule has 13 heteroatoms. The van der Waals surface area contributed by atoms with E-state index in [0.29, 0.717) is 52.2 Å². The summed E-state index contributed by atoms with van der Waals surface area (Å²) in [5, 5.41) is 14.6. The Hall–Kier alpha value is -3.20. The number of hydrogen-bond acceptors (Lipinski definition) is 11. The van der Waals surface area contributed by atoms with Gasteiger partial charge in [0.1, 0.15) is 6.54 Å². The lowest BCUT2D eigenvalue weighted by molar-refractivity contribution is -0.777. The van der Waals surface area contributed by atoms with Crippen LogP contribution in [0.3, 0.4) is 0 Å². The Morgan fingerprint density at radius 1 is 1.14 bits per heavy atom. The number of benzene rings is 2. The summed E-state index contributed by atoms with van der Waals surface area (Å²) in [6.45, 7) is 0.361. The Balaban J connectivity index is 1.70. The Morgan fingerprint density at radius 2 is 1.94 bits per heavy atom. The van der Waals surface area contributed by atoms with Crippen molar-refractivity contribution in [2.45, 2.75) is 17.9 Å². The maximum Gasteiger partial charge on any atom is 0.227 e. The Morgan fingerprint density at radius 3 is 2.67 bits per heavy atom. The lowest BCUT2D eigenvalue weighted by atomic mass is 10.1. The van der Waals surface area contributed by atoms with Crippen LogP contribution < -0.4 is 19.3 Å². The van der Waals surface area contributed by atoms with E-state index < -0.39 is 15.9 Å². The average molecular weight is 534 g/mol. The Labute approximate surface area is 211 Å². The lowest BCUT2D eigenvalue weighted by Crippen LogP contribution is -2.35. The molecule has 0 aliphatic carbocycles. The number of oxazole rings is 1. The molecular formula is C23H21N2O9S2-. The first-order valence-electron chi connectivity index (χ1n) is 10.5. The third-order valence-corrected chi connectivity index (χ3v) is 6.73. The number of para-hydroxylation sites is 1. The minimum Gasteiger partial charge on any atom is -0.748 e. The van der Waals surface area contributed by atoms with Crippen LogP contribution in [-0.4, -0.2) is 37.9 Å². The van der Waals surface area contributed by atoms with Gasteiger partial charge in [0.05, 0.1) is 58.4 Å². The molecule has 0 N–H and O–H groups in total. The predicted molar refractivity (Wildman–Crippen MR) is 125 cm³/mol. The van der Waals surface area contributed by atoms with E-state index in [1.54, 1.807) is 24.5 Å². The Bertz CT molecular complexity index is 1470. The molecule has 0 atom stereocenters. The molecule has 0 aliphatic heterocycles. The highest BCUT2D eigenvalue weighted by Crippen LogP contribution is 2.42. The van der Waals surface area contributed by atoms with Crippen molar-refractivity contribution in [1.82, 2.24) is 4.98 Å².